The van der Waals surface area contributed by atoms with Crippen molar-refractivity contribution in [2.75, 3.05) is 25.0 Å². The highest BCUT2D eigenvalue weighted by Crippen LogP contribution is 2.16. The first-order valence-corrected chi connectivity index (χ1v) is 8.26. The molecular formula is C17H23N3O3. The molecule has 2 amide bonds. The topological polar surface area (TPSA) is 79.5 Å². The Labute approximate surface area is 136 Å². The van der Waals surface area contributed by atoms with Gasteiger partial charge in [-0.05, 0) is 50.4 Å². The Morgan fingerprint density at radius 1 is 1.22 bits per heavy atom. The summed E-state index contributed by atoms with van der Waals surface area (Å²) in [5.41, 5.74) is 1.18. The summed E-state index contributed by atoms with van der Waals surface area (Å²) < 4.78 is 5.37. The molecule has 2 saturated heterocycles. The summed E-state index contributed by atoms with van der Waals surface area (Å²) in [6, 6.07) is 7.19. The molecule has 0 aromatic heterocycles. The predicted molar refractivity (Wildman–Crippen MR) is 87.4 cm³/mol. The summed E-state index contributed by atoms with van der Waals surface area (Å²) in [5.74, 6) is -0.247. The minimum atomic E-state index is -0.374. The Bertz CT molecular complexity index is 564. The second kappa shape index (κ2) is 7.57. The number of nitrogens with one attached hydrogen (secondary N) is 3. The number of carbonyl (C=O) groups is 2. The molecule has 0 aliphatic carbocycles. The lowest BCUT2D eigenvalue weighted by Gasteiger charge is -2.23. The molecule has 1 aromatic carbocycles. The van der Waals surface area contributed by atoms with Crippen molar-refractivity contribution in [2.24, 2.45) is 0 Å². The minimum Gasteiger partial charge on any atom is -0.368 e. The first-order chi connectivity index (χ1) is 11.2. The van der Waals surface area contributed by atoms with E-state index in [1.807, 2.05) is 0 Å². The zero-order valence-electron chi connectivity index (χ0n) is 13.1. The summed E-state index contributed by atoms with van der Waals surface area (Å²) in [7, 11) is 0. The van der Waals surface area contributed by atoms with Crippen LogP contribution in [0, 0.1) is 0 Å². The maximum Gasteiger partial charge on any atom is 0.253 e. The van der Waals surface area contributed by atoms with Gasteiger partial charge >= 0.3 is 0 Å². The van der Waals surface area contributed by atoms with Crippen LogP contribution < -0.4 is 16.0 Å². The highest BCUT2D eigenvalue weighted by atomic mass is 16.5. The van der Waals surface area contributed by atoms with Crippen molar-refractivity contribution < 1.29 is 14.3 Å². The lowest BCUT2D eigenvalue weighted by molar-refractivity contribution is -0.124. The van der Waals surface area contributed by atoms with E-state index in [-0.39, 0.29) is 24.0 Å². The molecule has 2 fully saturated rings. The maximum atomic E-state index is 12.3. The van der Waals surface area contributed by atoms with E-state index in [2.05, 4.69) is 16.0 Å². The standard InChI is InChI=1S/C17H23N3O3/c21-16(20-14-6-2-8-18-11-14)12-4-1-5-13(10-12)19-17(22)15-7-3-9-23-15/h1,4-5,10,14-15,18H,2-3,6-9,11H2,(H,19,22)(H,20,21). The molecule has 1 aromatic rings. The Kier molecular flexibility index (Phi) is 5.25. The fourth-order valence-corrected chi connectivity index (χ4v) is 2.99. The Hall–Kier alpha value is -1.92. The van der Waals surface area contributed by atoms with Crippen LogP contribution in [-0.4, -0.2) is 43.7 Å². The Morgan fingerprint density at radius 2 is 2.13 bits per heavy atom. The van der Waals surface area contributed by atoms with Gasteiger partial charge in [-0.15, -0.1) is 0 Å². The summed E-state index contributed by atoms with van der Waals surface area (Å²) >= 11 is 0. The molecule has 6 heteroatoms. The highest BCUT2D eigenvalue weighted by molar-refractivity contribution is 5.98. The summed E-state index contributed by atoms with van der Waals surface area (Å²) in [5, 5.41) is 9.13. The average molecular weight is 317 g/mol. The molecule has 2 heterocycles. The van der Waals surface area contributed by atoms with Gasteiger partial charge in [-0.1, -0.05) is 6.07 Å². The molecule has 0 bridgehead atoms. The summed E-state index contributed by atoms with van der Waals surface area (Å²) in [4.78, 5) is 24.4. The van der Waals surface area contributed by atoms with Gasteiger partial charge in [0.05, 0.1) is 0 Å². The van der Waals surface area contributed by atoms with Crippen LogP contribution in [0.25, 0.3) is 0 Å². The van der Waals surface area contributed by atoms with Crippen molar-refractivity contribution in [3.8, 4) is 0 Å². The lowest BCUT2D eigenvalue weighted by Crippen LogP contribution is -2.45. The molecule has 2 aliphatic heterocycles. The normalized spacial score (nSPS) is 24.2. The van der Waals surface area contributed by atoms with E-state index >= 15 is 0 Å². The van der Waals surface area contributed by atoms with Gasteiger partial charge in [0.1, 0.15) is 6.10 Å². The zero-order chi connectivity index (χ0) is 16.1. The number of rotatable bonds is 4. The number of hydrogen-bond acceptors (Lipinski definition) is 4. The Balaban J connectivity index is 1.59. The molecule has 0 radical (unpaired) electrons. The largest absolute Gasteiger partial charge is 0.368 e. The second-order valence-corrected chi connectivity index (χ2v) is 6.09. The van der Waals surface area contributed by atoms with Gasteiger partial charge in [-0.2, -0.15) is 0 Å². The first-order valence-electron chi connectivity index (χ1n) is 8.26. The number of piperidine rings is 1. The molecule has 0 spiro atoms. The molecule has 2 aliphatic rings. The van der Waals surface area contributed by atoms with E-state index in [9.17, 15) is 9.59 Å². The summed E-state index contributed by atoms with van der Waals surface area (Å²) in [6.45, 7) is 2.45. The van der Waals surface area contributed by atoms with E-state index < -0.39 is 0 Å². The molecule has 3 N–H and O–H groups in total. The molecule has 3 rings (SSSR count). The highest BCUT2D eigenvalue weighted by Gasteiger charge is 2.23. The van der Waals surface area contributed by atoms with Crippen LogP contribution in [0.4, 0.5) is 5.69 Å². The van der Waals surface area contributed by atoms with Crippen LogP contribution in [0.15, 0.2) is 24.3 Å². The third-order valence-corrected chi connectivity index (χ3v) is 4.25. The fraction of sp³-hybridized carbons (Fsp3) is 0.529. The van der Waals surface area contributed by atoms with Crippen LogP contribution in [0.1, 0.15) is 36.0 Å². The number of benzene rings is 1. The van der Waals surface area contributed by atoms with Crippen molar-refractivity contribution in [1.29, 1.82) is 0 Å². The van der Waals surface area contributed by atoms with E-state index in [1.165, 1.54) is 0 Å². The van der Waals surface area contributed by atoms with Gasteiger partial charge in [-0.25, -0.2) is 0 Å². The monoisotopic (exact) mass is 317 g/mol. The zero-order valence-corrected chi connectivity index (χ0v) is 13.1. The van der Waals surface area contributed by atoms with Crippen molar-refractivity contribution in [3.63, 3.8) is 0 Å². The van der Waals surface area contributed by atoms with Gasteiger partial charge in [0, 0.05) is 30.4 Å². The van der Waals surface area contributed by atoms with Crippen LogP contribution in [0.5, 0.6) is 0 Å². The van der Waals surface area contributed by atoms with E-state index in [0.717, 1.165) is 38.8 Å². The quantitative estimate of drug-likeness (QED) is 0.782. The van der Waals surface area contributed by atoms with Crippen LogP contribution in [0.3, 0.4) is 0 Å². The fourth-order valence-electron chi connectivity index (χ4n) is 2.99. The van der Waals surface area contributed by atoms with Gasteiger partial charge < -0.3 is 20.7 Å². The predicted octanol–water partition coefficient (Wildman–Crippen LogP) is 1.29. The van der Waals surface area contributed by atoms with Gasteiger partial charge in [0.15, 0.2) is 0 Å². The van der Waals surface area contributed by atoms with Gasteiger partial charge in [-0.3, -0.25) is 9.59 Å². The third-order valence-electron chi connectivity index (χ3n) is 4.25. The van der Waals surface area contributed by atoms with Crippen molar-refractivity contribution in [2.45, 2.75) is 37.8 Å². The minimum absolute atomic E-state index is 0.105. The van der Waals surface area contributed by atoms with E-state index in [0.29, 0.717) is 17.9 Å². The van der Waals surface area contributed by atoms with Crippen molar-refractivity contribution in [3.05, 3.63) is 29.8 Å². The third kappa shape index (κ3) is 4.30. The van der Waals surface area contributed by atoms with Crippen LogP contribution in [-0.2, 0) is 9.53 Å². The van der Waals surface area contributed by atoms with Crippen LogP contribution in [0.2, 0.25) is 0 Å². The lowest BCUT2D eigenvalue weighted by atomic mass is 10.1. The van der Waals surface area contributed by atoms with E-state index in [4.69, 9.17) is 4.74 Å². The van der Waals surface area contributed by atoms with Gasteiger partial charge in [0.25, 0.3) is 11.8 Å². The molecule has 6 nitrogen and oxygen atoms in total. The molecule has 23 heavy (non-hydrogen) atoms. The smallest absolute Gasteiger partial charge is 0.253 e. The molecule has 124 valence electrons. The Morgan fingerprint density at radius 3 is 2.87 bits per heavy atom. The molecule has 2 unspecified atom stereocenters. The number of ether oxygens (including phenoxy) is 1. The van der Waals surface area contributed by atoms with Crippen LogP contribution >= 0.6 is 0 Å². The number of carbonyl (C=O) groups excluding carboxylic acids is 2. The van der Waals surface area contributed by atoms with Crippen molar-refractivity contribution in [1.82, 2.24) is 10.6 Å². The molecule has 0 saturated carbocycles. The van der Waals surface area contributed by atoms with Gasteiger partial charge in [0.2, 0.25) is 0 Å². The van der Waals surface area contributed by atoms with Crippen molar-refractivity contribution >= 4 is 17.5 Å². The maximum absolute atomic E-state index is 12.3. The number of anilines is 1. The second-order valence-electron chi connectivity index (χ2n) is 6.09. The molecule has 2 atom stereocenters. The number of hydrogen-bond donors (Lipinski definition) is 3. The number of amides is 2. The molecular weight excluding hydrogens is 294 g/mol. The SMILES string of the molecule is O=C(NC1CCCNC1)c1cccc(NC(=O)C2CCCO2)c1. The average Bonchev–Trinajstić information content (AvgIpc) is 3.11. The van der Waals surface area contributed by atoms with E-state index in [1.54, 1.807) is 24.3 Å². The first kappa shape index (κ1) is 16.0. The summed E-state index contributed by atoms with van der Waals surface area (Å²) in [6.07, 6.45) is 3.36.